The number of methoxy groups -OCH3 is 1. The molecule has 0 bridgehead atoms. The Balaban J connectivity index is 3.05. The Morgan fingerprint density at radius 1 is 1.58 bits per heavy atom. The van der Waals surface area contributed by atoms with Crippen molar-refractivity contribution in [2.24, 2.45) is 0 Å². The highest BCUT2D eigenvalue weighted by Crippen LogP contribution is 2.16. The van der Waals surface area contributed by atoms with E-state index in [0.29, 0.717) is 12.2 Å². The van der Waals surface area contributed by atoms with E-state index >= 15 is 0 Å². The minimum atomic E-state index is 0.482. The maximum atomic E-state index is 8.74. The van der Waals surface area contributed by atoms with Crippen molar-refractivity contribution >= 4 is 15.9 Å². The molecule has 0 heterocycles. The summed E-state index contributed by atoms with van der Waals surface area (Å²) in [5, 5.41) is 8.74. The molecule has 0 aliphatic heterocycles. The van der Waals surface area contributed by atoms with E-state index in [9.17, 15) is 0 Å². The van der Waals surface area contributed by atoms with E-state index in [1.165, 1.54) is 0 Å². The number of halogens is 1. The third kappa shape index (κ3) is 2.07. The number of benzene rings is 1. The monoisotopic (exact) mass is 225 g/mol. The quantitative estimate of drug-likeness (QED) is 0.775. The second-order valence-corrected chi connectivity index (χ2v) is 3.26. The van der Waals surface area contributed by atoms with Crippen LogP contribution in [0.25, 0.3) is 0 Å². The molecule has 0 aromatic heterocycles. The molecule has 0 aliphatic rings. The van der Waals surface area contributed by atoms with Crippen molar-refractivity contribution in [3.8, 4) is 6.07 Å². The molecule has 3 heteroatoms. The predicted molar refractivity (Wildman–Crippen MR) is 49.6 cm³/mol. The molecule has 0 unspecified atom stereocenters. The minimum absolute atomic E-state index is 0.482. The van der Waals surface area contributed by atoms with Gasteiger partial charge in [0.05, 0.1) is 18.2 Å². The molecule has 0 fully saturated rings. The molecule has 0 saturated carbocycles. The zero-order valence-corrected chi connectivity index (χ0v) is 8.26. The van der Waals surface area contributed by atoms with E-state index in [0.717, 1.165) is 10.0 Å². The number of hydrogen-bond acceptors (Lipinski definition) is 2. The van der Waals surface area contributed by atoms with E-state index in [1.54, 1.807) is 13.2 Å². The Hall–Kier alpha value is -0.850. The highest BCUT2D eigenvalue weighted by Gasteiger charge is 2.00. The van der Waals surface area contributed by atoms with E-state index < -0.39 is 0 Å². The van der Waals surface area contributed by atoms with Crippen LogP contribution in [-0.4, -0.2) is 7.11 Å². The van der Waals surface area contributed by atoms with Gasteiger partial charge in [-0.1, -0.05) is 22.0 Å². The van der Waals surface area contributed by atoms with Crippen molar-refractivity contribution < 1.29 is 4.74 Å². The van der Waals surface area contributed by atoms with Crippen LogP contribution in [-0.2, 0) is 11.3 Å². The van der Waals surface area contributed by atoms with Gasteiger partial charge >= 0.3 is 0 Å². The van der Waals surface area contributed by atoms with Crippen LogP contribution in [0.2, 0.25) is 0 Å². The molecule has 1 aromatic carbocycles. The van der Waals surface area contributed by atoms with E-state index in [1.807, 2.05) is 12.1 Å². The molecular formula is C9H8BrNO. The summed E-state index contributed by atoms with van der Waals surface area (Å²) in [4.78, 5) is 0. The molecule has 0 saturated heterocycles. The van der Waals surface area contributed by atoms with Crippen LogP contribution in [0.5, 0.6) is 0 Å². The molecule has 0 spiro atoms. The largest absolute Gasteiger partial charge is 0.380 e. The predicted octanol–water partition coefficient (Wildman–Crippen LogP) is 2.47. The van der Waals surface area contributed by atoms with Crippen molar-refractivity contribution in [2.45, 2.75) is 6.61 Å². The number of nitriles is 1. The first kappa shape index (κ1) is 9.24. The van der Waals surface area contributed by atoms with Gasteiger partial charge in [-0.05, 0) is 17.7 Å². The summed E-state index contributed by atoms with van der Waals surface area (Å²) in [6.45, 7) is 0.482. The number of ether oxygens (including phenoxy) is 1. The zero-order chi connectivity index (χ0) is 8.97. The molecule has 1 aromatic rings. The first-order valence-electron chi connectivity index (χ1n) is 3.45. The summed E-state index contributed by atoms with van der Waals surface area (Å²) in [6, 6.07) is 7.68. The van der Waals surface area contributed by atoms with Crippen LogP contribution >= 0.6 is 15.9 Å². The van der Waals surface area contributed by atoms with Crippen LogP contribution < -0.4 is 0 Å². The van der Waals surface area contributed by atoms with Gasteiger partial charge in [0.25, 0.3) is 0 Å². The summed E-state index contributed by atoms with van der Waals surface area (Å²) in [7, 11) is 1.61. The van der Waals surface area contributed by atoms with Crippen molar-refractivity contribution in [1.29, 1.82) is 5.26 Å². The first-order valence-corrected chi connectivity index (χ1v) is 4.24. The Morgan fingerprint density at radius 2 is 2.33 bits per heavy atom. The Labute approximate surface area is 79.9 Å². The van der Waals surface area contributed by atoms with Gasteiger partial charge in [0.2, 0.25) is 0 Å². The minimum Gasteiger partial charge on any atom is -0.380 e. The fraction of sp³-hybridized carbons (Fsp3) is 0.222. The van der Waals surface area contributed by atoms with Gasteiger partial charge in [0.15, 0.2) is 0 Å². The van der Waals surface area contributed by atoms with Crippen LogP contribution in [0, 0.1) is 11.3 Å². The Bertz CT molecular complexity index is 317. The zero-order valence-electron chi connectivity index (χ0n) is 6.67. The van der Waals surface area contributed by atoms with Gasteiger partial charge in [-0.3, -0.25) is 0 Å². The van der Waals surface area contributed by atoms with Crippen LogP contribution in [0.4, 0.5) is 0 Å². The Kier molecular flexibility index (Phi) is 3.27. The summed E-state index contributed by atoms with van der Waals surface area (Å²) < 4.78 is 5.86. The molecule has 1 rings (SSSR count). The highest BCUT2D eigenvalue weighted by atomic mass is 79.9. The van der Waals surface area contributed by atoms with Gasteiger partial charge in [-0.25, -0.2) is 0 Å². The first-order chi connectivity index (χ1) is 5.77. The molecule has 62 valence electrons. The van der Waals surface area contributed by atoms with Gasteiger partial charge in [-0.15, -0.1) is 0 Å². The lowest BCUT2D eigenvalue weighted by molar-refractivity contribution is 0.184. The van der Waals surface area contributed by atoms with Crippen LogP contribution in [0.1, 0.15) is 11.1 Å². The van der Waals surface area contributed by atoms with Gasteiger partial charge in [0, 0.05) is 11.6 Å². The average molecular weight is 226 g/mol. The highest BCUT2D eigenvalue weighted by molar-refractivity contribution is 9.10. The number of hydrogen-bond donors (Lipinski definition) is 0. The third-order valence-electron chi connectivity index (χ3n) is 1.49. The molecular weight excluding hydrogens is 218 g/mol. The molecule has 0 amide bonds. The number of nitrogens with zero attached hydrogens (tertiary/aromatic N) is 1. The van der Waals surface area contributed by atoms with Crippen molar-refractivity contribution in [3.05, 3.63) is 33.8 Å². The van der Waals surface area contributed by atoms with Gasteiger partial charge in [0.1, 0.15) is 0 Å². The van der Waals surface area contributed by atoms with E-state index in [4.69, 9.17) is 10.00 Å². The molecule has 0 radical (unpaired) electrons. The van der Waals surface area contributed by atoms with Gasteiger partial charge < -0.3 is 4.74 Å². The maximum absolute atomic E-state index is 8.74. The smallest absolute Gasteiger partial charge is 0.0995 e. The molecule has 0 N–H and O–H groups in total. The molecule has 2 nitrogen and oxygen atoms in total. The normalized spacial score (nSPS) is 9.42. The Morgan fingerprint density at radius 3 is 2.92 bits per heavy atom. The van der Waals surface area contributed by atoms with E-state index in [2.05, 4.69) is 22.0 Å². The summed E-state index contributed by atoms with van der Waals surface area (Å²) in [5.41, 5.74) is 1.58. The molecule has 0 aliphatic carbocycles. The summed E-state index contributed by atoms with van der Waals surface area (Å²) in [5.74, 6) is 0. The standard InChI is InChI=1S/C9H8BrNO/c1-12-6-7-2-3-9(10)4-8(7)5-11/h2-4H,6H2,1H3. The maximum Gasteiger partial charge on any atom is 0.0995 e. The van der Waals surface area contributed by atoms with Crippen molar-refractivity contribution in [1.82, 2.24) is 0 Å². The summed E-state index contributed by atoms with van der Waals surface area (Å²) in [6.07, 6.45) is 0. The van der Waals surface area contributed by atoms with Crippen LogP contribution in [0.15, 0.2) is 22.7 Å². The fourth-order valence-electron chi connectivity index (χ4n) is 0.934. The second kappa shape index (κ2) is 4.24. The second-order valence-electron chi connectivity index (χ2n) is 2.35. The lowest BCUT2D eigenvalue weighted by Crippen LogP contribution is -1.91. The van der Waals surface area contributed by atoms with E-state index in [-0.39, 0.29) is 0 Å². The SMILES string of the molecule is COCc1ccc(Br)cc1C#N. The fourth-order valence-corrected chi connectivity index (χ4v) is 1.30. The third-order valence-corrected chi connectivity index (χ3v) is 1.99. The van der Waals surface area contributed by atoms with Gasteiger partial charge in [-0.2, -0.15) is 5.26 Å². The van der Waals surface area contributed by atoms with Crippen LogP contribution in [0.3, 0.4) is 0 Å². The van der Waals surface area contributed by atoms with Crippen molar-refractivity contribution in [3.63, 3.8) is 0 Å². The summed E-state index contributed by atoms with van der Waals surface area (Å²) >= 11 is 3.30. The molecule has 0 atom stereocenters. The molecule has 12 heavy (non-hydrogen) atoms. The lowest BCUT2D eigenvalue weighted by atomic mass is 10.1. The lowest BCUT2D eigenvalue weighted by Gasteiger charge is -2.01. The average Bonchev–Trinajstić information content (AvgIpc) is 2.08. The van der Waals surface area contributed by atoms with Crippen molar-refractivity contribution in [2.75, 3.05) is 7.11 Å². The topological polar surface area (TPSA) is 33.0 Å². The number of rotatable bonds is 2.